The molecule has 2 N–H and O–H groups in total. The van der Waals surface area contributed by atoms with Crippen LogP contribution in [0.1, 0.15) is 18.0 Å². The maximum Gasteiger partial charge on any atom is 0.305 e. The van der Waals surface area contributed by atoms with Gasteiger partial charge < -0.3 is 10.4 Å². The number of fused-ring (bicyclic) bond motifs is 1. The van der Waals surface area contributed by atoms with Crippen LogP contribution in [0.25, 0.3) is 22.2 Å². The number of aromatic nitrogens is 2. The molecule has 4 rings (SSSR count). The van der Waals surface area contributed by atoms with Crippen molar-refractivity contribution >= 4 is 28.5 Å². The maximum absolute atomic E-state index is 11.4. The number of hydrogen-bond acceptors (Lipinski definition) is 6. The second-order valence-corrected chi connectivity index (χ2v) is 6.93. The Bertz CT molecular complexity index is 1250. The predicted molar refractivity (Wildman–Crippen MR) is 117 cm³/mol. The summed E-state index contributed by atoms with van der Waals surface area (Å²) in [5.41, 5.74) is 2.55. The molecule has 1 heterocycles. The third kappa shape index (κ3) is 4.48. The van der Waals surface area contributed by atoms with E-state index in [1.165, 1.54) is 12.1 Å². The summed E-state index contributed by atoms with van der Waals surface area (Å²) < 4.78 is 0. The van der Waals surface area contributed by atoms with Crippen molar-refractivity contribution in [3.63, 3.8) is 0 Å². The van der Waals surface area contributed by atoms with Crippen LogP contribution in [0.2, 0.25) is 0 Å². The number of carboxylic acid groups (broad SMARTS) is 1. The van der Waals surface area contributed by atoms with E-state index in [1.807, 2.05) is 60.7 Å². The molecule has 0 spiro atoms. The standard InChI is InChI=1S/C23H18N4O4/c28-21(29)14-20(15-7-3-1-4-8-15)25-23-24-19-12-11-17(27(30)31)13-18(19)22(26-23)16-9-5-2-6-10-16/h1-13,20H,14H2,(H,28,29)(H,24,25,26). The van der Waals surface area contributed by atoms with Crippen LogP contribution in [-0.4, -0.2) is 26.0 Å². The van der Waals surface area contributed by atoms with E-state index in [0.29, 0.717) is 16.6 Å². The van der Waals surface area contributed by atoms with Gasteiger partial charge in [-0.2, -0.15) is 0 Å². The number of aliphatic carboxylic acids is 1. The van der Waals surface area contributed by atoms with Crippen LogP contribution in [0.4, 0.5) is 11.6 Å². The van der Waals surface area contributed by atoms with Crippen molar-refractivity contribution in [2.75, 3.05) is 5.32 Å². The molecule has 0 saturated carbocycles. The lowest BCUT2D eigenvalue weighted by Crippen LogP contribution is -2.17. The Balaban J connectivity index is 1.83. The quantitative estimate of drug-likeness (QED) is 0.328. The minimum Gasteiger partial charge on any atom is -0.481 e. The minimum atomic E-state index is -0.957. The molecule has 0 aliphatic rings. The largest absolute Gasteiger partial charge is 0.481 e. The molecular weight excluding hydrogens is 396 g/mol. The van der Waals surface area contributed by atoms with Crippen LogP contribution in [0.3, 0.4) is 0 Å². The molecule has 4 aromatic rings. The lowest BCUT2D eigenvalue weighted by atomic mass is 10.0. The monoisotopic (exact) mass is 414 g/mol. The van der Waals surface area contributed by atoms with Gasteiger partial charge in [-0.05, 0) is 11.6 Å². The third-order valence-corrected chi connectivity index (χ3v) is 4.82. The van der Waals surface area contributed by atoms with Crippen molar-refractivity contribution in [3.8, 4) is 11.3 Å². The zero-order valence-corrected chi connectivity index (χ0v) is 16.3. The molecule has 0 saturated heterocycles. The zero-order valence-electron chi connectivity index (χ0n) is 16.3. The van der Waals surface area contributed by atoms with E-state index in [0.717, 1.165) is 11.1 Å². The topological polar surface area (TPSA) is 118 Å². The minimum absolute atomic E-state index is 0.0537. The molecule has 8 heteroatoms. The van der Waals surface area contributed by atoms with Gasteiger partial charge in [0.1, 0.15) is 0 Å². The number of rotatable bonds is 7. The molecule has 0 amide bonds. The Morgan fingerprint density at radius 3 is 2.32 bits per heavy atom. The molecule has 31 heavy (non-hydrogen) atoms. The Hall–Kier alpha value is -4.33. The highest BCUT2D eigenvalue weighted by Crippen LogP contribution is 2.31. The molecule has 0 fully saturated rings. The number of carbonyl (C=O) groups is 1. The number of anilines is 1. The summed E-state index contributed by atoms with van der Waals surface area (Å²) in [6.45, 7) is 0. The van der Waals surface area contributed by atoms with Crippen molar-refractivity contribution in [2.45, 2.75) is 12.5 Å². The van der Waals surface area contributed by atoms with Gasteiger partial charge in [0.25, 0.3) is 5.69 Å². The number of non-ortho nitro benzene ring substituents is 1. The van der Waals surface area contributed by atoms with E-state index in [4.69, 9.17) is 0 Å². The highest BCUT2D eigenvalue weighted by molar-refractivity contribution is 5.94. The maximum atomic E-state index is 11.4. The van der Waals surface area contributed by atoms with Gasteiger partial charge in [-0.15, -0.1) is 0 Å². The molecule has 0 aliphatic carbocycles. The molecule has 0 bridgehead atoms. The van der Waals surface area contributed by atoms with E-state index in [-0.39, 0.29) is 18.1 Å². The average molecular weight is 414 g/mol. The van der Waals surface area contributed by atoms with Gasteiger partial charge in [0.15, 0.2) is 0 Å². The van der Waals surface area contributed by atoms with E-state index in [1.54, 1.807) is 6.07 Å². The number of nitrogens with zero attached hydrogens (tertiary/aromatic N) is 3. The van der Waals surface area contributed by atoms with Crippen LogP contribution in [0.15, 0.2) is 78.9 Å². The molecule has 154 valence electrons. The van der Waals surface area contributed by atoms with Crippen LogP contribution in [-0.2, 0) is 4.79 Å². The smallest absolute Gasteiger partial charge is 0.305 e. The normalized spacial score (nSPS) is 11.7. The first-order valence-corrected chi connectivity index (χ1v) is 9.56. The van der Waals surface area contributed by atoms with Crippen molar-refractivity contribution < 1.29 is 14.8 Å². The zero-order chi connectivity index (χ0) is 21.8. The van der Waals surface area contributed by atoms with Crippen molar-refractivity contribution in [2.24, 2.45) is 0 Å². The first kappa shape index (κ1) is 20.0. The van der Waals surface area contributed by atoms with Crippen molar-refractivity contribution in [1.82, 2.24) is 9.97 Å². The number of nitro benzene ring substituents is 1. The SMILES string of the molecule is O=C(O)CC(Nc1nc(-c2ccccc2)c2cc([N+](=O)[O-])ccc2n1)c1ccccc1. The van der Waals surface area contributed by atoms with Gasteiger partial charge in [-0.25, -0.2) is 9.97 Å². The van der Waals surface area contributed by atoms with Crippen LogP contribution >= 0.6 is 0 Å². The number of nitro groups is 1. The molecule has 0 radical (unpaired) electrons. The Kier molecular flexibility index (Phi) is 5.53. The number of benzene rings is 3. The van der Waals surface area contributed by atoms with Crippen molar-refractivity contribution in [3.05, 3.63) is 94.5 Å². The third-order valence-electron chi connectivity index (χ3n) is 4.82. The van der Waals surface area contributed by atoms with E-state index in [2.05, 4.69) is 15.3 Å². The lowest BCUT2D eigenvalue weighted by Gasteiger charge is -2.18. The fourth-order valence-electron chi connectivity index (χ4n) is 3.38. The highest BCUT2D eigenvalue weighted by Gasteiger charge is 2.19. The van der Waals surface area contributed by atoms with Gasteiger partial charge in [0.05, 0.1) is 28.6 Å². The first-order valence-electron chi connectivity index (χ1n) is 9.56. The van der Waals surface area contributed by atoms with Crippen molar-refractivity contribution in [1.29, 1.82) is 0 Å². The summed E-state index contributed by atoms with van der Waals surface area (Å²) in [4.78, 5) is 31.3. The lowest BCUT2D eigenvalue weighted by molar-refractivity contribution is -0.384. The highest BCUT2D eigenvalue weighted by atomic mass is 16.6. The first-order chi connectivity index (χ1) is 15.0. The summed E-state index contributed by atoms with van der Waals surface area (Å²) in [5.74, 6) is -0.712. The molecular formula is C23H18N4O4. The summed E-state index contributed by atoms with van der Waals surface area (Å²) in [6, 6.07) is 22.4. The van der Waals surface area contributed by atoms with Gasteiger partial charge in [0, 0.05) is 23.1 Å². The van der Waals surface area contributed by atoms with E-state index in [9.17, 15) is 20.0 Å². The molecule has 3 aromatic carbocycles. The molecule has 1 unspecified atom stereocenters. The second kappa shape index (κ2) is 8.58. The Labute approximate surface area is 177 Å². The fourth-order valence-corrected chi connectivity index (χ4v) is 3.38. The second-order valence-electron chi connectivity index (χ2n) is 6.93. The molecule has 0 aliphatic heterocycles. The van der Waals surface area contributed by atoms with E-state index >= 15 is 0 Å². The van der Waals surface area contributed by atoms with E-state index < -0.39 is 16.9 Å². The predicted octanol–water partition coefficient (Wildman–Crippen LogP) is 4.83. The summed E-state index contributed by atoms with van der Waals surface area (Å²) >= 11 is 0. The Morgan fingerprint density at radius 2 is 1.68 bits per heavy atom. The van der Waals surface area contributed by atoms with Crippen LogP contribution in [0.5, 0.6) is 0 Å². The van der Waals surface area contributed by atoms with Gasteiger partial charge in [-0.1, -0.05) is 60.7 Å². The average Bonchev–Trinajstić information content (AvgIpc) is 2.78. The molecule has 1 atom stereocenters. The van der Waals surface area contributed by atoms with Crippen LogP contribution < -0.4 is 5.32 Å². The van der Waals surface area contributed by atoms with Crippen LogP contribution in [0, 0.1) is 10.1 Å². The molecule has 1 aromatic heterocycles. The van der Waals surface area contributed by atoms with Gasteiger partial charge >= 0.3 is 5.97 Å². The fraction of sp³-hybridized carbons (Fsp3) is 0.0870. The number of hydrogen-bond donors (Lipinski definition) is 2. The Morgan fingerprint density at radius 1 is 1.00 bits per heavy atom. The summed E-state index contributed by atoms with van der Waals surface area (Å²) in [5, 5.41) is 24.3. The summed E-state index contributed by atoms with van der Waals surface area (Å²) in [7, 11) is 0. The van der Waals surface area contributed by atoms with Gasteiger partial charge in [0.2, 0.25) is 5.95 Å². The summed E-state index contributed by atoms with van der Waals surface area (Å²) in [6.07, 6.45) is -0.160. The number of nitrogens with one attached hydrogen (secondary N) is 1. The molecule has 8 nitrogen and oxygen atoms in total. The number of carboxylic acids is 1. The van der Waals surface area contributed by atoms with Gasteiger partial charge in [-0.3, -0.25) is 14.9 Å².